The van der Waals surface area contributed by atoms with Crippen molar-refractivity contribution in [1.82, 2.24) is 10.2 Å². The van der Waals surface area contributed by atoms with Crippen LogP contribution in [0, 0.1) is 35.5 Å². The molecule has 0 radical (unpaired) electrons. The van der Waals surface area contributed by atoms with Crippen molar-refractivity contribution >= 4 is 41.0 Å². The molecule has 13 atom stereocenters. The Kier molecular flexibility index (Phi) is 21.0. The van der Waals surface area contributed by atoms with Gasteiger partial charge in [-0.3, -0.25) is 4.79 Å². The van der Waals surface area contributed by atoms with Crippen LogP contribution in [0.2, 0.25) is 0 Å². The predicted molar refractivity (Wildman–Crippen MR) is 242 cm³/mol. The molecule has 374 valence electrons. The number of ether oxygens (including phenoxy) is 1. The van der Waals surface area contributed by atoms with Crippen LogP contribution in [-0.2, 0) is 19.1 Å². The number of nitrogens with one attached hydrogen (secondary N) is 1. The Bertz CT molecular complexity index is 1840. The number of carbonyl (C=O) groups excluding carboxylic acids is 3. The maximum Gasteiger partial charge on any atom is 0.381 e. The molecule has 9 nitrogen and oxygen atoms in total. The molecule has 0 spiro atoms. The van der Waals surface area contributed by atoms with Gasteiger partial charge in [-0.1, -0.05) is 95.3 Å². The molecule has 0 saturated heterocycles. The minimum absolute atomic E-state index is 0. The first-order valence-electron chi connectivity index (χ1n) is 23.7. The minimum atomic E-state index is -3.40. The van der Waals surface area contributed by atoms with E-state index in [1.165, 1.54) is 31.6 Å². The molecular weight excluding hydrogens is 928 g/mol. The van der Waals surface area contributed by atoms with Gasteiger partial charge in [0.15, 0.2) is 6.17 Å². The molecule has 10 rings (SSSR count). The van der Waals surface area contributed by atoms with Gasteiger partial charge in [-0.05, 0) is 120 Å². The lowest BCUT2D eigenvalue weighted by atomic mass is 9.47. The highest BCUT2D eigenvalue weighted by Gasteiger charge is 2.65. The van der Waals surface area contributed by atoms with Crippen LogP contribution in [0.5, 0.6) is 0 Å². The first-order chi connectivity index (χ1) is 31.0. The van der Waals surface area contributed by atoms with Gasteiger partial charge in [0.25, 0.3) is 5.91 Å². The fraction of sp³-hybridized carbons (Fsp3) is 0.694. The lowest BCUT2D eigenvalue weighted by molar-refractivity contribution is -0.459. The molecule has 66 heavy (non-hydrogen) atoms. The summed E-state index contributed by atoms with van der Waals surface area (Å²) in [5, 5.41) is 25.1. The average molecular weight is 1000 g/mol. The number of esters is 2. The summed E-state index contributed by atoms with van der Waals surface area (Å²) in [6, 6.07) is 19.1. The van der Waals surface area contributed by atoms with Gasteiger partial charge in [-0.25, -0.2) is 14.0 Å². The van der Waals surface area contributed by atoms with E-state index in [0.717, 1.165) is 57.4 Å². The number of halogens is 8. The molecular formula is C49H71Cl3F5N3O6. The number of quaternary nitrogens is 1. The quantitative estimate of drug-likeness (QED) is 0.0905. The number of carbonyl (C=O) groups is 3. The zero-order valence-electron chi connectivity index (χ0n) is 39.7. The fourth-order valence-electron chi connectivity index (χ4n) is 12.5. The largest absolute Gasteiger partial charge is 1.00 e. The van der Waals surface area contributed by atoms with Crippen LogP contribution < -0.4 is 23.5 Å². The highest BCUT2D eigenvalue weighted by molar-refractivity contribution is 6.24. The molecule has 6 N–H and O–H groups in total. The number of aliphatic hydroxyl groups is 2. The van der Waals surface area contributed by atoms with Gasteiger partial charge in [0, 0.05) is 28.5 Å². The van der Waals surface area contributed by atoms with Crippen LogP contribution in [0.4, 0.5) is 22.0 Å². The number of rotatable bonds is 11. The molecule has 0 aromatic heterocycles. The summed E-state index contributed by atoms with van der Waals surface area (Å²) in [7, 11) is 0. The van der Waals surface area contributed by atoms with Crippen molar-refractivity contribution in [3.63, 3.8) is 0 Å². The van der Waals surface area contributed by atoms with Gasteiger partial charge in [0.1, 0.15) is 6.04 Å². The fourth-order valence-corrected chi connectivity index (χ4v) is 13.7. The lowest BCUT2D eigenvalue weighted by Crippen LogP contribution is -3.00. The van der Waals surface area contributed by atoms with Gasteiger partial charge in [0.05, 0.1) is 17.2 Å². The average Bonchev–Trinajstić information content (AvgIpc) is 3.23. The molecule has 8 aliphatic rings. The normalized spacial score (nSPS) is 33.2. The molecule has 8 saturated carbocycles. The van der Waals surface area contributed by atoms with E-state index in [2.05, 4.69) is 65.7 Å². The maximum atomic E-state index is 12.9. The Hall–Kier alpha value is -2.59. The van der Waals surface area contributed by atoms with Gasteiger partial charge >= 0.3 is 24.8 Å². The summed E-state index contributed by atoms with van der Waals surface area (Å²) in [5.74, 6) is -3.25. The van der Waals surface area contributed by atoms with Crippen molar-refractivity contribution in [3.05, 3.63) is 71.8 Å². The number of benzene rings is 2. The number of hydrogen-bond acceptors (Lipinski definition) is 7. The molecule has 17 heteroatoms. The van der Waals surface area contributed by atoms with Crippen LogP contribution >= 0.6 is 23.2 Å². The summed E-state index contributed by atoms with van der Waals surface area (Å²) in [6.07, 6.45) is 0.279. The summed E-state index contributed by atoms with van der Waals surface area (Å²) >= 11 is 13.5. The highest BCUT2D eigenvalue weighted by Crippen LogP contribution is 2.65. The van der Waals surface area contributed by atoms with E-state index in [1.807, 2.05) is 36.4 Å². The Morgan fingerprint density at radius 1 is 0.758 bits per heavy atom. The second-order valence-electron chi connectivity index (χ2n) is 18.9. The highest BCUT2D eigenvalue weighted by atomic mass is 35.5. The molecule has 3 unspecified atom stereocenters. The monoisotopic (exact) mass is 998 g/mol. The summed E-state index contributed by atoms with van der Waals surface area (Å²) < 4.78 is 69.8. The van der Waals surface area contributed by atoms with E-state index in [4.69, 9.17) is 24.6 Å². The maximum absolute atomic E-state index is 12.9. The van der Waals surface area contributed by atoms with Gasteiger partial charge in [-0.2, -0.15) is 17.6 Å². The Labute approximate surface area is 405 Å². The van der Waals surface area contributed by atoms with Crippen LogP contribution in [0.15, 0.2) is 60.7 Å². The lowest BCUT2D eigenvalue weighted by Gasteiger charge is -2.63. The topological polar surface area (TPSA) is 144 Å². The van der Waals surface area contributed by atoms with E-state index >= 15 is 0 Å². The van der Waals surface area contributed by atoms with E-state index in [9.17, 15) is 46.5 Å². The third kappa shape index (κ3) is 14.2. The molecule has 8 aliphatic carbocycles. The third-order valence-corrected chi connectivity index (χ3v) is 15.2. The summed E-state index contributed by atoms with van der Waals surface area (Å²) in [5.41, 5.74) is 4.83. The van der Waals surface area contributed by atoms with Crippen molar-refractivity contribution in [2.24, 2.45) is 35.5 Å². The number of alkyl halides is 7. The van der Waals surface area contributed by atoms with E-state index in [-0.39, 0.29) is 46.0 Å². The van der Waals surface area contributed by atoms with E-state index < -0.39 is 54.1 Å². The molecule has 1 amide bonds. The SMILES string of the molecule is CC(F)C(=O)OC(=O)C(F)F.CCN(CC)CC.O=C(N[C@@H](c1ccccc1)[C@H]1C2C[C@H]3C[C@](Cl)(C2)C[C@@]1(O)C3)C(F)F.[2H]CC.[Cl-].[NH3+][C@@H](c1ccccc1)[C@H]1C2C[C@H]3C[C@](Cl)(C2)C[C@@]1(O)C3. The third-order valence-electron chi connectivity index (χ3n) is 14.3. The van der Waals surface area contributed by atoms with Crippen molar-refractivity contribution < 1.29 is 70.8 Å². The molecule has 2 aromatic rings. The summed E-state index contributed by atoms with van der Waals surface area (Å²) in [4.78, 5) is 33.6. The Balaban J connectivity index is 0.000000253. The Morgan fingerprint density at radius 3 is 1.53 bits per heavy atom. The van der Waals surface area contributed by atoms with E-state index in [0.29, 0.717) is 37.5 Å². The molecule has 8 fully saturated rings. The zero-order valence-corrected chi connectivity index (χ0v) is 41.0. The number of amides is 1. The van der Waals surface area contributed by atoms with Crippen LogP contribution in [-0.4, -0.2) is 92.6 Å². The van der Waals surface area contributed by atoms with Crippen LogP contribution in [0.1, 0.15) is 130 Å². The van der Waals surface area contributed by atoms with Crippen molar-refractivity contribution in [2.45, 2.75) is 158 Å². The van der Waals surface area contributed by atoms with Crippen LogP contribution in [0.3, 0.4) is 0 Å². The summed E-state index contributed by atoms with van der Waals surface area (Å²) in [6.45, 7) is 13.2. The van der Waals surface area contributed by atoms with Gasteiger partial charge < -0.3 is 43.3 Å². The smallest absolute Gasteiger partial charge is 0.381 e. The Morgan fingerprint density at radius 2 is 1.18 bits per heavy atom. The van der Waals surface area contributed by atoms with Crippen molar-refractivity contribution in [3.8, 4) is 0 Å². The first-order valence-corrected chi connectivity index (χ1v) is 23.8. The second kappa shape index (κ2) is 24.8. The van der Waals surface area contributed by atoms with E-state index in [1.54, 1.807) is 6.92 Å². The zero-order chi connectivity index (χ0) is 49.2. The van der Waals surface area contributed by atoms with Gasteiger partial charge in [0.2, 0.25) is 0 Å². The van der Waals surface area contributed by atoms with Crippen LogP contribution in [0.25, 0.3) is 0 Å². The molecule has 0 heterocycles. The van der Waals surface area contributed by atoms with Crippen molar-refractivity contribution in [1.29, 1.82) is 0 Å². The second-order valence-corrected chi connectivity index (χ2v) is 20.5. The number of nitrogens with zero attached hydrogens (tertiary/aromatic N) is 1. The number of hydrogen-bond donors (Lipinski definition) is 4. The molecule has 0 aliphatic heterocycles. The van der Waals surface area contributed by atoms with Crippen molar-refractivity contribution in [2.75, 3.05) is 19.6 Å². The standard InChI is InChI=1S/C19H22ClF2NO2.C17H22ClNO.C6H15N.C5H5F3O3.C2H6.ClH/c20-18-7-11-6-13(9-18)14(19(25,8-11)10-18)15(23-17(24)16(21)22)12-4-2-1-3-5-12;18-16-7-11-6-13(9-16)14(17(20,8-11)10-16)15(19)12-4-2-1-3-5-12;1-4-7(5-2)6-3;1-2(6)4(9)11-5(10)3(7)8;1-2;/h1-5,11,13-16,25H,6-10H2,(H,23,24);1-5,11,13-15,20H,6-10,19H2;4-6H2,1-3H3;2-3H,1H3;1-2H3;1H/t11-,13?,14+,15-,18-,19-;11-,13?,14+,15-,16-,17-;;;;/m00..../s1/i;;;;1D;. The minimum Gasteiger partial charge on any atom is -1.00 e. The first kappa shape index (κ1) is 56.0. The predicted octanol–water partition coefficient (Wildman–Crippen LogP) is 6.23. The van der Waals surface area contributed by atoms with Gasteiger partial charge in [-0.15, -0.1) is 23.2 Å². The molecule has 2 aromatic carbocycles. The molecule has 8 bridgehead atoms.